The number of hydrogen-bond acceptors (Lipinski definition) is 3. The third-order valence-electron chi connectivity index (χ3n) is 8.64. The first-order valence-electron chi connectivity index (χ1n) is 15.1. The SMILES string of the molecule is c1ccc(-c2nc(-c3cccc(-c4ccc(-c5c6ccccc6n6c5cnc5ccccc56)cc4)c3)c3ccccc3n2)cc1. The second kappa shape index (κ2) is 10.2. The molecule has 4 heteroatoms. The molecule has 0 saturated carbocycles. The molecule has 9 rings (SSSR count). The summed E-state index contributed by atoms with van der Waals surface area (Å²) in [6.45, 7) is 0. The maximum atomic E-state index is 5.08. The van der Waals surface area contributed by atoms with Crippen molar-refractivity contribution < 1.29 is 0 Å². The molecule has 0 N–H and O–H groups in total. The second-order valence-corrected chi connectivity index (χ2v) is 11.3. The zero-order valence-corrected chi connectivity index (χ0v) is 24.3. The minimum absolute atomic E-state index is 0.730. The number of nitrogens with zero attached hydrogens (tertiary/aromatic N) is 4. The molecule has 3 heterocycles. The van der Waals surface area contributed by atoms with E-state index in [0.717, 1.165) is 61.2 Å². The zero-order chi connectivity index (χ0) is 29.7. The summed E-state index contributed by atoms with van der Waals surface area (Å²) in [6, 6.07) is 52.9. The second-order valence-electron chi connectivity index (χ2n) is 11.3. The molecule has 0 fully saturated rings. The van der Waals surface area contributed by atoms with Crippen LogP contribution < -0.4 is 0 Å². The molecule has 0 bridgehead atoms. The van der Waals surface area contributed by atoms with Crippen LogP contribution in [0, 0.1) is 0 Å². The Balaban J connectivity index is 1.15. The number of rotatable bonds is 4. The number of hydrogen-bond donors (Lipinski definition) is 0. The summed E-state index contributed by atoms with van der Waals surface area (Å²) in [5.41, 5.74) is 13.0. The summed E-state index contributed by atoms with van der Waals surface area (Å²) < 4.78 is 2.33. The van der Waals surface area contributed by atoms with Crippen molar-refractivity contribution in [3.63, 3.8) is 0 Å². The van der Waals surface area contributed by atoms with Gasteiger partial charge in [-0.1, -0.05) is 121 Å². The van der Waals surface area contributed by atoms with Gasteiger partial charge in [-0.3, -0.25) is 4.98 Å². The van der Waals surface area contributed by atoms with Gasteiger partial charge in [0, 0.05) is 27.5 Å². The minimum Gasteiger partial charge on any atom is -0.306 e. The summed E-state index contributed by atoms with van der Waals surface area (Å²) in [5, 5.41) is 2.26. The van der Waals surface area contributed by atoms with E-state index < -0.39 is 0 Å². The predicted octanol–water partition coefficient (Wildman–Crippen LogP) is 10.3. The number of aromatic nitrogens is 4. The fraction of sp³-hybridized carbons (Fsp3) is 0. The molecule has 0 spiro atoms. The van der Waals surface area contributed by atoms with Crippen LogP contribution in [0.3, 0.4) is 0 Å². The monoisotopic (exact) mass is 574 g/mol. The number of para-hydroxylation sites is 4. The van der Waals surface area contributed by atoms with Gasteiger partial charge in [-0.05, 0) is 47.0 Å². The third kappa shape index (κ3) is 4.19. The van der Waals surface area contributed by atoms with E-state index in [0.29, 0.717) is 0 Å². The summed E-state index contributed by atoms with van der Waals surface area (Å²) >= 11 is 0. The van der Waals surface area contributed by atoms with E-state index in [2.05, 4.69) is 120 Å². The van der Waals surface area contributed by atoms with E-state index in [4.69, 9.17) is 15.0 Å². The number of fused-ring (bicyclic) bond motifs is 6. The average Bonchev–Trinajstić information content (AvgIpc) is 3.46. The topological polar surface area (TPSA) is 43.1 Å². The molecule has 4 nitrogen and oxygen atoms in total. The molecule has 0 amide bonds. The Hall–Kier alpha value is -6.13. The lowest BCUT2D eigenvalue weighted by molar-refractivity contribution is 1.23. The van der Waals surface area contributed by atoms with Gasteiger partial charge in [0.15, 0.2) is 5.82 Å². The number of benzene rings is 6. The van der Waals surface area contributed by atoms with Gasteiger partial charge in [-0.25, -0.2) is 9.97 Å². The van der Waals surface area contributed by atoms with Crippen LogP contribution >= 0.6 is 0 Å². The molecule has 0 aliphatic carbocycles. The van der Waals surface area contributed by atoms with E-state index in [9.17, 15) is 0 Å². The van der Waals surface area contributed by atoms with Gasteiger partial charge in [0.05, 0.1) is 39.5 Å². The van der Waals surface area contributed by atoms with Crippen molar-refractivity contribution in [1.29, 1.82) is 0 Å². The molecule has 9 aromatic rings. The van der Waals surface area contributed by atoms with Gasteiger partial charge < -0.3 is 4.40 Å². The van der Waals surface area contributed by atoms with E-state index >= 15 is 0 Å². The van der Waals surface area contributed by atoms with Crippen molar-refractivity contribution in [2.75, 3.05) is 0 Å². The largest absolute Gasteiger partial charge is 0.306 e. The Labute approximate surface area is 259 Å². The molecule has 0 aliphatic heterocycles. The summed E-state index contributed by atoms with van der Waals surface area (Å²) in [7, 11) is 0. The molecule has 210 valence electrons. The van der Waals surface area contributed by atoms with E-state index in [1.807, 2.05) is 42.6 Å². The van der Waals surface area contributed by atoms with Crippen molar-refractivity contribution >= 4 is 38.4 Å². The van der Waals surface area contributed by atoms with Crippen molar-refractivity contribution in [2.45, 2.75) is 0 Å². The molecule has 45 heavy (non-hydrogen) atoms. The van der Waals surface area contributed by atoms with Crippen LogP contribution in [0.1, 0.15) is 0 Å². The Morgan fingerprint density at radius 1 is 0.400 bits per heavy atom. The lowest BCUT2D eigenvalue weighted by atomic mass is 9.97. The van der Waals surface area contributed by atoms with Crippen LogP contribution in [0.5, 0.6) is 0 Å². The molecule has 3 aromatic heterocycles. The first kappa shape index (κ1) is 25.4. The predicted molar refractivity (Wildman–Crippen MR) is 185 cm³/mol. The lowest BCUT2D eigenvalue weighted by Crippen LogP contribution is -1.95. The van der Waals surface area contributed by atoms with Crippen molar-refractivity contribution in [2.24, 2.45) is 0 Å². The molecule has 0 unspecified atom stereocenters. The Morgan fingerprint density at radius 3 is 1.89 bits per heavy atom. The van der Waals surface area contributed by atoms with Gasteiger partial charge in [0.2, 0.25) is 0 Å². The molecular weight excluding hydrogens is 548 g/mol. The summed E-state index contributed by atoms with van der Waals surface area (Å²) in [4.78, 5) is 14.8. The summed E-state index contributed by atoms with van der Waals surface area (Å²) in [6.07, 6.45) is 2.00. The molecule has 0 aliphatic rings. The fourth-order valence-electron chi connectivity index (χ4n) is 6.53. The molecule has 0 saturated heterocycles. The van der Waals surface area contributed by atoms with Gasteiger partial charge in [-0.2, -0.15) is 0 Å². The maximum absolute atomic E-state index is 5.08. The Kier molecular flexibility index (Phi) is 5.78. The van der Waals surface area contributed by atoms with Crippen LogP contribution in [0.15, 0.2) is 158 Å². The molecule has 0 radical (unpaired) electrons. The summed E-state index contributed by atoms with van der Waals surface area (Å²) in [5.74, 6) is 0.730. The van der Waals surface area contributed by atoms with Crippen LogP contribution in [-0.2, 0) is 0 Å². The normalized spacial score (nSPS) is 11.6. The highest BCUT2D eigenvalue weighted by molar-refractivity contribution is 6.08. The highest BCUT2D eigenvalue weighted by atomic mass is 14.9. The molecule has 6 aromatic carbocycles. The van der Waals surface area contributed by atoms with Crippen molar-refractivity contribution in [1.82, 2.24) is 19.4 Å². The van der Waals surface area contributed by atoms with E-state index in [1.54, 1.807) is 0 Å². The van der Waals surface area contributed by atoms with Crippen LogP contribution in [-0.4, -0.2) is 19.4 Å². The Bertz CT molecular complexity index is 2530. The zero-order valence-electron chi connectivity index (χ0n) is 24.3. The first-order chi connectivity index (χ1) is 22.3. The molecule has 0 atom stereocenters. The third-order valence-corrected chi connectivity index (χ3v) is 8.64. The van der Waals surface area contributed by atoms with Gasteiger partial charge in [0.1, 0.15) is 0 Å². The van der Waals surface area contributed by atoms with E-state index in [1.165, 1.54) is 22.0 Å². The van der Waals surface area contributed by atoms with Gasteiger partial charge in [-0.15, -0.1) is 0 Å². The first-order valence-corrected chi connectivity index (χ1v) is 15.1. The van der Waals surface area contributed by atoms with Gasteiger partial charge in [0.25, 0.3) is 0 Å². The maximum Gasteiger partial charge on any atom is 0.160 e. The average molecular weight is 575 g/mol. The Morgan fingerprint density at radius 2 is 1.04 bits per heavy atom. The van der Waals surface area contributed by atoms with Crippen LogP contribution in [0.2, 0.25) is 0 Å². The quantitative estimate of drug-likeness (QED) is 0.210. The highest BCUT2D eigenvalue weighted by Gasteiger charge is 2.16. The van der Waals surface area contributed by atoms with E-state index in [-0.39, 0.29) is 0 Å². The van der Waals surface area contributed by atoms with Crippen molar-refractivity contribution in [3.8, 4) is 44.9 Å². The van der Waals surface area contributed by atoms with Crippen LogP contribution in [0.25, 0.3) is 83.3 Å². The van der Waals surface area contributed by atoms with Gasteiger partial charge >= 0.3 is 0 Å². The molecular formula is C41H26N4. The van der Waals surface area contributed by atoms with Crippen molar-refractivity contribution in [3.05, 3.63) is 158 Å². The smallest absolute Gasteiger partial charge is 0.160 e. The van der Waals surface area contributed by atoms with Crippen LogP contribution in [0.4, 0.5) is 0 Å². The minimum atomic E-state index is 0.730. The highest BCUT2D eigenvalue weighted by Crippen LogP contribution is 2.38. The standard InChI is InChI=1S/C41H26N4/c1-2-11-29(12-3-1)41-43-34-17-6-4-15-32(34)40(44-41)31-14-10-13-30(25-31)27-21-23-28(24-22-27)39-33-16-5-8-19-36(33)45-37-20-9-7-18-35(37)42-26-38(39)45/h1-26H. The fourth-order valence-corrected chi connectivity index (χ4v) is 6.53. The lowest BCUT2D eigenvalue weighted by Gasteiger charge is -2.11.